The monoisotopic (exact) mass is 268 g/mol. The van der Waals surface area contributed by atoms with Gasteiger partial charge in [-0.3, -0.25) is 0 Å². The lowest BCUT2D eigenvalue weighted by Crippen LogP contribution is -2.22. The van der Waals surface area contributed by atoms with E-state index in [1.807, 2.05) is 0 Å². The lowest BCUT2D eigenvalue weighted by Gasteiger charge is -2.26. The number of hydrogen-bond donors (Lipinski definition) is 0. The van der Waals surface area contributed by atoms with Crippen molar-refractivity contribution in [2.45, 2.75) is 45.1 Å². The van der Waals surface area contributed by atoms with Gasteiger partial charge in [0.1, 0.15) is 5.75 Å². The van der Waals surface area contributed by atoms with Crippen molar-refractivity contribution < 1.29 is 4.74 Å². The minimum atomic E-state index is 0.443. The van der Waals surface area contributed by atoms with Crippen molar-refractivity contribution in [2.75, 3.05) is 0 Å². The Kier molecular flexibility index (Phi) is 3.68. The highest BCUT2D eigenvalue weighted by atomic mass is 79.9. The summed E-state index contributed by atoms with van der Waals surface area (Å²) < 4.78 is 7.12. The van der Waals surface area contributed by atoms with Crippen molar-refractivity contribution in [1.82, 2.24) is 0 Å². The molecule has 2 heteroatoms. The van der Waals surface area contributed by atoms with Crippen LogP contribution in [0.5, 0.6) is 5.75 Å². The number of hydrogen-bond acceptors (Lipinski definition) is 1. The second-order valence-electron chi connectivity index (χ2n) is 4.17. The van der Waals surface area contributed by atoms with Crippen LogP contribution in [0.1, 0.15) is 38.2 Å². The smallest absolute Gasteiger partial charge is 0.122 e. The van der Waals surface area contributed by atoms with Crippen molar-refractivity contribution in [2.24, 2.45) is 0 Å². The van der Waals surface area contributed by atoms with Gasteiger partial charge in [-0.15, -0.1) is 0 Å². The quantitative estimate of drug-likeness (QED) is 0.793. The van der Waals surface area contributed by atoms with E-state index in [9.17, 15) is 0 Å². The Bertz CT molecular complexity index is 335. The average molecular weight is 269 g/mol. The molecular formula is C13H17BrO. The third-order valence-electron chi connectivity index (χ3n) is 2.93. The fourth-order valence-electron chi connectivity index (χ4n) is 2.05. The zero-order valence-corrected chi connectivity index (χ0v) is 10.7. The molecule has 2 rings (SSSR count). The van der Waals surface area contributed by atoms with Crippen LogP contribution in [-0.4, -0.2) is 6.10 Å². The van der Waals surface area contributed by atoms with E-state index in [1.165, 1.54) is 31.2 Å². The molecule has 1 heterocycles. The van der Waals surface area contributed by atoms with Crippen molar-refractivity contribution in [1.29, 1.82) is 0 Å². The largest absolute Gasteiger partial charge is 0.490 e. The maximum absolute atomic E-state index is 5.97. The lowest BCUT2D eigenvalue weighted by molar-refractivity contribution is 0.161. The van der Waals surface area contributed by atoms with E-state index in [0.717, 1.165) is 16.6 Å². The van der Waals surface area contributed by atoms with Gasteiger partial charge < -0.3 is 4.74 Å². The fourth-order valence-corrected chi connectivity index (χ4v) is 2.46. The normalized spacial score (nSPS) is 19.5. The van der Waals surface area contributed by atoms with E-state index in [4.69, 9.17) is 4.74 Å². The zero-order chi connectivity index (χ0) is 10.7. The van der Waals surface area contributed by atoms with Gasteiger partial charge in [0.25, 0.3) is 0 Å². The summed E-state index contributed by atoms with van der Waals surface area (Å²) in [6.45, 7) is 2.23. The fraction of sp³-hybridized carbons (Fsp3) is 0.538. The minimum Gasteiger partial charge on any atom is -0.490 e. The first-order chi connectivity index (χ1) is 7.29. The van der Waals surface area contributed by atoms with Crippen LogP contribution in [-0.2, 0) is 6.42 Å². The molecule has 1 nitrogen and oxygen atoms in total. The first-order valence-electron chi connectivity index (χ1n) is 5.74. The third-order valence-corrected chi connectivity index (χ3v) is 3.42. The maximum Gasteiger partial charge on any atom is 0.122 e. The van der Waals surface area contributed by atoms with Gasteiger partial charge in [-0.05, 0) is 43.0 Å². The van der Waals surface area contributed by atoms with Crippen LogP contribution in [0.3, 0.4) is 0 Å². The molecule has 0 aromatic heterocycles. The predicted octanol–water partition coefficient (Wildman–Crippen LogP) is 4.33. The van der Waals surface area contributed by atoms with Crippen LogP contribution >= 0.6 is 15.9 Å². The minimum absolute atomic E-state index is 0.443. The van der Waals surface area contributed by atoms with E-state index in [0.29, 0.717) is 6.10 Å². The Morgan fingerprint density at radius 2 is 2.33 bits per heavy atom. The highest BCUT2D eigenvalue weighted by Crippen LogP contribution is 2.31. The SMILES string of the molecule is CCCCC1CCc2cc(Br)ccc2O1. The van der Waals surface area contributed by atoms with Gasteiger partial charge in [0.15, 0.2) is 0 Å². The molecule has 82 valence electrons. The van der Waals surface area contributed by atoms with Crippen LogP contribution in [0.15, 0.2) is 22.7 Å². The van der Waals surface area contributed by atoms with Gasteiger partial charge in [-0.25, -0.2) is 0 Å². The highest BCUT2D eigenvalue weighted by Gasteiger charge is 2.18. The van der Waals surface area contributed by atoms with Crippen LogP contribution in [0.25, 0.3) is 0 Å². The van der Waals surface area contributed by atoms with Gasteiger partial charge in [0.2, 0.25) is 0 Å². The van der Waals surface area contributed by atoms with Gasteiger partial charge >= 0.3 is 0 Å². The molecule has 1 atom stereocenters. The molecule has 0 fully saturated rings. The lowest BCUT2D eigenvalue weighted by atomic mass is 9.99. The number of benzene rings is 1. The maximum atomic E-state index is 5.97. The molecule has 15 heavy (non-hydrogen) atoms. The number of rotatable bonds is 3. The second-order valence-corrected chi connectivity index (χ2v) is 5.09. The Hall–Kier alpha value is -0.500. The van der Waals surface area contributed by atoms with Crippen LogP contribution < -0.4 is 4.74 Å². The van der Waals surface area contributed by atoms with E-state index in [-0.39, 0.29) is 0 Å². The molecule has 1 aliphatic heterocycles. The molecule has 1 unspecified atom stereocenters. The number of unbranched alkanes of at least 4 members (excludes halogenated alkanes) is 1. The summed E-state index contributed by atoms with van der Waals surface area (Å²) in [6, 6.07) is 6.31. The summed E-state index contributed by atoms with van der Waals surface area (Å²) in [7, 11) is 0. The van der Waals surface area contributed by atoms with Crippen LogP contribution in [0.4, 0.5) is 0 Å². The van der Waals surface area contributed by atoms with E-state index < -0.39 is 0 Å². The molecule has 1 aliphatic rings. The molecule has 0 aliphatic carbocycles. The molecule has 0 spiro atoms. The summed E-state index contributed by atoms with van der Waals surface area (Å²) in [6.07, 6.45) is 6.50. The Morgan fingerprint density at radius 3 is 3.13 bits per heavy atom. The van der Waals surface area contributed by atoms with Crippen molar-refractivity contribution in [3.8, 4) is 5.75 Å². The van der Waals surface area contributed by atoms with Crippen molar-refractivity contribution in [3.63, 3.8) is 0 Å². The number of aryl methyl sites for hydroxylation is 1. The molecule has 1 aromatic carbocycles. The summed E-state index contributed by atoms with van der Waals surface area (Å²) in [5.41, 5.74) is 1.34. The number of ether oxygens (including phenoxy) is 1. The molecule has 0 radical (unpaired) electrons. The number of fused-ring (bicyclic) bond motifs is 1. The summed E-state index contributed by atoms with van der Waals surface area (Å²) >= 11 is 3.49. The number of halogens is 1. The highest BCUT2D eigenvalue weighted by molar-refractivity contribution is 9.10. The van der Waals surface area contributed by atoms with Crippen molar-refractivity contribution >= 4 is 15.9 Å². The first kappa shape index (κ1) is 11.0. The Balaban J connectivity index is 2.03. The molecule has 1 aromatic rings. The van der Waals surface area contributed by atoms with Gasteiger partial charge in [-0.2, -0.15) is 0 Å². The first-order valence-corrected chi connectivity index (χ1v) is 6.54. The molecule has 0 bridgehead atoms. The summed E-state index contributed by atoms with van der Waals surface area (Å²) in [5, 5.41) is 0. The molecule has 0 saturated heterocycles. The topological polar surface area (TPSA) is 9.23 Å². The average Bonchev–Trinajstić information content (AvgIpc) is 2.26. The van der Waals surface area contributed by atoms with Gasteiger partial charge in [0.05, 0.1) is 6.10 Å². The molecule has 0 amide bonds. The van der Waals surface area contributed by atoms with Gasteiger partial charge in [0, 0.05) is 4.47 Å². The second kappa shape index (κ2) is 5.02. The molecule has 0 saturated carbocycles. The summed E-state index contributed by atoms with van der Waals surface area (Å²) in [4.78, 5) is 0. The standard InChI is InChI=1S/C13H17BrO/c1-2-3-4-12-7-5-10-9-11(14)6-8-13(10)15-12/h6,8-9,12H,2-5,7H2,1H3. The van der Waals surface area contributed by atoms with E-state index >= 15 is 0 Å². The third kappa shape index (κ3) is 2.75. The zero-order valence-electron chi connectivity index (χ0n) is 9.13. The molecule has 0 N–H and O–H groups in total. The Morgan fingerprint density at radius 1 is 1.47 bits per heavy atom. The van der Waals surface area contributed by atoms with E-state index in [2.05, 4.69) is 41.1 Å². The van der Waals surface area contributed by atoms with Gasteiger partial charge in [-0.1, -0.05) is 35.7 Å². The molecular weight excluding hydrogens is 252 g/mol. The van der Waals surface area contributed by atoms with Crippen LogP contribution in [0.2, 0.25) is 0 Å². The van der Waals surface area contributed by atoms with Crippen LogP contribution in [0, 0.1) is 0 Å². The van der Waals surface area contributed by atoms with Crippen molar-refractivity contribution in [3.05, 3.63) is 28.2 Å². The van der Waals surface area contributed by atoms with E-state index in [1.54, 1.807) is 0 Å². The predicted molar refractivity (Wildman–Crippen MR) is 66.4 cm³/mol. The summed E-state index contributed by atoms with van der Waals surface area (Å²) in [5.74, 6) is 1.09. The Labute approximate surface area is 100.0 Å².